The highest BCUT2D eigenvalue weighted by Crippen LogP contribution is 2.70. The largest absolute Gasteiger partial charge is 0.455 e. The van der Waals surface area contributed by atoms with Crippen molar-refractivity contribution in [3.8, 4) is 0 Å². The molecule has 0 aromatic carbocycles. The normalized spacial score (nSPS) is 44.1. The van der Waals surface area contributed by atoms with Crippen molar-refractivity contribution >= 4 is 17.8 Å². The van der Waals surface area contributed by atoms with Gasteiger partial charge in [0.1, 0.15) is 11.7 Å². The summed E-state index contributed by atoms with van der Waals surface area (Å²) in [6.07, 6.45) is 4.86. The van der Waals surface area contributed by atoms with Crippen molar-refractivity contribution in [3.63, 3.8) is 0 Å². The second-order valence-corrected chi connectivity index (χ2v) is 15.1. The second-order valence-electron chi connectivity index (χ2n) is 15.1. The lowest BCUT2D eigenvalue weighted by molar-refractivity contribution is -0.456. The summed E-state index contributed by atoms with van der Waals surface area (Å²) in [7, 11) is 3.67. The molecule has 9 atom stereocenters. The van der Waals surface area contributed by atoms with Gasteiger partial charge >= 0.3 is 12.1 Å². The molecule has 0 bridgehead atoms. The minimum Gasteiger partial charge on any atom is -0.455 e. The minimum absolute atomic E-state index is 0.0296. The van der Waals surface area contributed by atoms with Gasteiger partial charge in [-0.05, 0) is 65.0 Å². The quantitative estimate of drug-likeness (QED) is 0.339. The number of carbonyl (C=O) groups excluding carboxylic acids is 3. The van der Waals surface area contributed by atoms with Crippen LogP contribution < -0.4 is 5.32 Å². The van der Waals surface area contributed by atoms with Crippen LogP contribution >= 0.6 is 0 Å². The molecule has 3 aliphatic carbocycles. The Hall–Kier alpha value is -2.01. The van der Waals surface area contributed by atoms with Crippen LogP contribution in [0.5, 0.6) is 0 Å². The summed E-state index contributed by atoms with van der Waals surface area (Å²) in [5.74, 6) is -0.790. The van der Waals surface area contributed by atoms with Crippen LogP contribution in [0.15, 0.2) is 12.7 Å². The zero-order valence-electron chi connectivity index (χ0n) is 27.3. The average Bonchev–Trinajstić information content (AvgIpc) is 2.92. The van der Waals surface area contributed by atoms with Gasteiger partial charge in [0, 0.05) is 31.2 Å². The molecule has 2 saturated heterocycles. The van der Waals surface area contributed by atoms with Gasteiger partial charge in [0.15, 0.2) is 17.5 Å². The summed E-state index contributed by atoms with van der Waals surface area (Å²) in [5, 5.41) is 3.01. The lowest BCUT2D eigenvalue weighted by Gasteiger charge is -2.74. The van der Waals surface area contributed by atoms with Crippen molar-refractivity contribution in [2.24, 2.45) is 22.7 Å². The number of alkyl carbamates (subject to hydrolysis) is 1. The van der Waals surface area contributed by atoms with E-state index in [1.165, 1.54) is 13.3 Å². The lowest BCUT2D eigenvalue weighted by atomic mass is 9.39. The smallest absolute Gasteiger partial charge is 0.407 e. The molecule has 10 heteroatoms. The number of amides is 1. The standard InChI is InChI=1S/C33H52N2O8/c1-10-30(5)18-22(37)33-31(6)23(40-28(42-33)35(8)9)16-17-29(3,4)25(31)24(26(39-20(2)36)32(33,7)43-30)41-27(38)34-19-21-14-12-11-13-15-21/h10,21,23-26,28H,1,11-19H2,2-9H3,(H,34,38)/t23-,24-,25-,26-,28?,30-,31-,32+,33-/m0/s1. The van der Waals surface area contributed by atoms with E-state index in [4.69, 9.17) is 23.7 Å². The summed E-state index contributed by atoms with van der Waals surface area (Å²) in [4.78, 5) is 43.1. The molecule has 2 heterocycles. The first-order chi connectivity index (χ1) is 20.0. The van der Waals surface area contributed by atoms with Crippen LogP contribution in [0.1, 0.15) is 92.9 Å². The first-order valence-corrected chi connectivity index (χ1v) is 16.0. The van der Waals surface area contributed by atoms with E-state index >= 15 is 0 Å². The molecule has 5 fully saturated rings. The van der Waals surface area contributed by atoms with Crippen LogP contribution in [-0.2, 0) is 33.3 Å². The lowest BCUT2D eigenvalue weighted by Crippen LogP contribution is -2.90. The molecule has 0 radical (unpaired) electrons. The SMILES string of the molecule is C=C[C@@]1(C)CC(=O)[C@@]23OC(N(C)C)O[C@H]4CCC(C)(C)[C@H]([C@H](OC(=O)NCC5CCCCC5)[C@H](OC(C)=O)[C@@]2(C)O1)[C@]43C. The molecule has 10 nitrogen and oxygen atoms in total. The van der Waals surface area contributed by atoms with Gasteiger partial charge in [-0.15, -0.1) is 6.58 Å². The maximum atomic E-state index is 14.8. The van der Waals surface area contributed by atoms with E-state index in [0.717, 1.165) is 32.1 Å². The Morgan fingerprint density at radius 2 is 1.74 bits per heavy atom. The first kappa shape index (κ1) is 32.4. The van der Waals surface area contributed by atoms with E-state index in [1.54, 1.807) is 24.8 Å². The Morgan fingerprint density at radius 1 is 1.07 bits per heavy atom. The van der Waals surface area contributed by atoms with Crippen LogP contribution in [-0.4, -0.2) is 84.9 Å². The van der Waals surface area contributed by atoms with Gasteiger partial charge in [0.2, 0.25) is 6.41 Å². The van der Waals surface area contributed by atoms with Gasteiger partial charge in [0.25, 0.3) is 0 Å². The number of Topliss-reactive ketones (excluding diaryl/α,β-unsaturated/α-hetero) is 1. The number of nitrogens with one attached hydrogen (secondary N) is 1. The highest BCUT2D eigenvalue weighted by atomic mass is 16.7. The highest BCUT2D eigenvalue weighted by Gasteiger charge is 2.85. The number of hydrogen-bond donors (Lipinski definition) is 1. The second kappa shape index (κ2) is 11.1. The van der Waals surface area contributed by atoms with E-state index in [-0.39, 0.29) is 12.2 Å². The third-order valence-corrected chi connectivity index (χ3v) is 11.4. The van der Waals surface area contributed by atoms with Crippen molar-refractivity contribution < 1.29 is 38.1 Å². The van der Waals surface area contributed by atoms with E-state index in [2.05, 4.69) is 25.7 Å². The van der Waals surface area contributed by atoms with Gasteiger partial charge in [-0.2, -0.15) is 0 Å². The van der Waals surface area contributed by atoms with Gasteiger partial charge in [-0.1, -0.05) is 46.1 Å². The molecular formula is C33H52N2O8. The molecule has 5 aliphatic rings. The number of nitrogens with zero attached hydrogens (tertiary/aromatic N) is 1. The third kappa shape index (κ3) is 4.95. The number of hydrogen-bond acceptors (Lipinski definition) is 9. The highest BCUT2D eigenvalue weighted by molar-refractivity contribution is 5.93. The Morgan fingerprint density at radius 3 is 2.35 bits per heavy atom. The maximum absolute atomic E-state index is 14.8. The number of esters is 1. The van der Waals surface area contributed by atoms with Crippen LogP contribution in [0.4, 0.5) is 4.79 Å². The number of carbonyl (C=O) groups is 3. The molecule has 3 saturated carbocycles. The summed E-state index contributed by atoms with van der Waals surface area (Å²) < 4.78 is 32.9. The predicted octanol–water partition coefficient (Wildman–Crippen LogP) is 4.74. The molecule has 1 amide bonds. The minimum atomic E-state index is -1.58. The molecule has 1 unspecified atom stereocenters. The van der Waals surface area contributed by atoms with Gasteiger partial charge < -0.3 is 29.0 Å². The Balaban J connectivity index is 1.66. The van der Waals surface area contributed by atoms with E-state index in [9.17, 15) is 14.4 Å². The zero-order chi connectivity index (χ0) is 31.6. The fourth-order valence-corrected chi connectivity index (χ4v) is 9.55. The Labute approximate surface area is 256 Å². The van der Waals surface area contributed by atoms with E-state index in [1.807, 2.05) is 21.0 Å². The van der Waals surface area contributed by atoms with Crippen molar-refractivity contribution in [2.75, 3.05) is 20.6 Å². The van der Waals surface area contributed by atoms with Gasteiger partial charge in [-0.25, -0.2) is 4.79 Å². The van der Waals surface area contributed by atoms with Gasteiger partial charge in [0.05, 0.1) is 11.7 Å². The molecule has 43 heavy (non-hydrogen) atoms. The molecule has 1 spiro atoms. The van der Waals surface area contributed by atoms with Crippen molar-refractivity contribution in [3.05, 3.63) is 12.7 Å². The molecule has 1 N–H and O–H groups in total. The van der Waals surface area contributed by atoms with Crippen LogP contribution in [0.3, 0.4) is 0 Å². The number of ketones is 1. The molecular weight excluding hydrogens is 552 g/mol. The molecule has 242 valence electrons. The molecule has 2 aliphatic heterocycles. The fourth-order valence-electron chi connectivity index (χ4n) is 9.55. The number of rotatable bonds is 6. The van der Waals surface area contributed by atoms with Crippen LogP contribution in [0.25, 0.3) is 0 Å². The zero-order valence-corrected chi connectivity index (χ0v) is 27.3. The third-order valence-electron chi connectivity index (χ3n) is 11.4. The van der Waals surface area contributed by atoms with E-state index < -0.39 is 70.3 Å². The molecule has 0 aromatic rings. The number of ether oxygens (including phenoxy) is 5. The summed E-state index contributed by atoms with van der Waals surface area (Å²) in [6, 6.07) is 0. The Bertz CT molecular complexity index is 1140. The average molecular weight is 605 g/mol. The first-order valence-electron chi connectivity index (χ1n) is 16.0. The van der Waals surface area contributed by atoms with Crippen LogP contribution in [0.2, 0.25) is 0 Å². The van der Waals surface area contributed by atoms with Crippen molar-refractivity contribution in [1.29, 1.82) is 0 Å². The maximum Gasteiger partial charge on any atom is 0.407 e. The topological polar surface area (TPSA) is 113 Å². The van der Waals surface area contributed by atoms with Crippen molar-refractivity contribution in [2.45, 2.75) is 134 Å². The predicted molar refractivity (Wildman–Crippen MR) is 159 cm³/mol. The summed E-state index contributed by atoms with van der Waals surface area (Å²) in [6.45, 7) is 15.7. The summed E-state index contributed by atoms with van der Waals surface area (Å²) >= 11 is 0. The van der Waals surface area contributed by atoms with Crippen molar-refractivity contribution in [1.82, 2.24) is 10.2 Å². The van der Waals surface area contributed by atoms with E-state index in [0.29, 0.717) is 18.9 Å². The van der Waals surface area contributed by atoms with Crippen LogP contribution in [0, 0.1) is 22.7 Å². The fraction of sp³-hybridized carbons (Fsp3) is 0.848. The summed E-state index contributed by atoms with van der Waals surface area (Å²) in [5.41, 5.74) is -5.65. The molecule has 0 aromatic heterocycles. The van der Waals surface area contributed by atoms with Gasteiger partial charge in [-0.3, -0.25) is 14.5 Å². The Kier molecular flexibility index (Phi) is 8.36. The monoisotopic (exact) mass is 604 g/mol. The molecule has 5 rings (SSSR count).